The number of sulfone groups is 1. The minimum absolute atomic E-state index is 0. The lowest BCUT2D eigenvalue weighted by Crippen LogP contribution is -2.63. The summed E-state index contributed by atoms with van der Waals surface area (Å²) in [6, 6.07) is 0.322. The van der Waals surface area contributed by atoms with Crippen LogP contribution in [0.1, 0.15) is 33.6 Å². The summed E-state index contributed by atoms with van der Waals surface area (Å²) in [5.74, 6) is 1.51. The predicted octanol–water partition coefficient (Wildman–Crippen LogP) is 1.41. The summed E-state index contributed by atoms with van der Waals surface area (Å²) in [7, 11) is -1.08. The van der Waals surface area contributed by atoms with Crippen LogP contribution in [0.4, 0.5) is 0 Å². The number of nitrogens with one attached hydrogen (secondary N) is 2. The lowest BCUT2D eigenvalue weighted by Gasteiger charge is -2.51. The standard InChI is InChI=1S/C15H29N3O3S.HI/c1-5-16-14(17-9-11-6-7-22(19,20)10-11)18-12-8-13(21-4)15(12,2)3;/h11-13H,5-10H2,1-4H3,(H2,16,17,18);1H. The van der Waals surface area contributed by atoms with Gasteiger partial charge in [-0.1, -0.05) is 13.8 Å². The third kappa shape index (κ3) is 5.19. The maximum atomic E-state index is 11.5. The van der Waals surface area contributed by atoms with Crippen molar-refractivity contribution in [2.24, 2.45) is 16.3 Å². The summed E-state index contributed by atoms with van der Waals surface area (Å²) < 4.78 is 28.5. The lowest BCUT2D eigenvalue weighted by atomic mass is 9.64. The number of hydrogen-bond acceptors (Lipinski definition) is 4. The first-order valence-electron chi connectivity index (χ1n) is 8.06. The summed E-state index contributed by atoms with van der Waals surface area (Å²) in [5, 5.41) is 6.71. The van der Waals surface area contributed by atoms with Crippen LogP contribution in [0.15, 0.2) is 4.99 Å². The minimum atomic E-state index is -2.83. The highest BCUT2D eigenvalue weighted by Crippen LogP contribution is 2.42. The highest BCUT2D eigenvalue weighted by Gasteiger charge is 2.48. The van der Waals surface area contributed by atoms with E-state index in [-0.39, 0.29) is 47.2 Å². The Morgan fingerprint density at radius 2 is 2.09 bits per heavy atom. The maximum Gasteiger partial charge on any atom is 0.191 e. The zero-order valence-electron chi connectivity index (χ0n) is 14.5. The Kier molecular flexibility index (Phi) is 7.59. The molecule has 0 aromatic heterocycles. The Balaban J connectivity index is 0.00000264. The summed E-state index contributed by atoms with van der Waals surface area (Å²) in [6.07, 6.45) is 1.96. The molecule has 0 amide bonds. The molecular weight excluding hydrogens is 429 g/mol. The van der Waals surface area contributed by atoms with Crippen LogP contribution in [0.5, 0.6) is 0 Å². The lowest BCUT2D eigenvalue weighted by molar-refractivity contribution is -0.0922. The fourth-order valence-corrected chi connectivity index (χ4v) is 5.10. The Morgan fingerprint density at radius 1 is 1.39 bits per heavy atom. The second-order valence-corrected chi connectivity index (χ2v) is 9.20. The van der Waals surface area contributed by atoms with E-state index < -0.39 is 9.84 Å². The molecule has 0 aromatic rings. The van der Waals surface area contributed by atoms with Crippen molar-refractivity contribution in [3.05, 3.63) is 0 Å². The van der Waals surface area contributed by atoms with E-state index in [4.69, 9.17) is 4.74 Å². The van der Waals surface area contributed by atoms with Crippen molar-refractivity contribution in [3.8, 4) is 0 Å². The molecule has 23 heavy (non-hydrogen) atoms. The predicted molar refractivity (Wildman–Crippen MR) is 104 cm³/mol. The van der Waals surface area contributed by atoms with Gasteiger partial charge in [-0.05, 0) is 25.7 Å². The van der Waals surface area contributed by atoms with Gasteiger partial charge in [0.2, 0.25) is 0 Å². The highest BCUT2D eigenvalue weighted by atomic mass is 127. The molecule has 1 aliphatic carbocycles. The van der Waals surface area contributed by atoms with Gasteiger partial charge in [-0.15, -0.1) is 24.0 Å². The van der Waals surface area contributed by atoms with Gasteiger partial charge < -0.3 is 15.4 Å². The zero-order valence-corrected chi connectivity index (χ0v) is 17.6. The monoisotopic (exact) mass is 459 g/mol. The number of ether oxygens (including phenoxy) is 1. The number of guanidine groups is 1. The summed E-state index contributed by atoms with van der Waals surface area (Å²) in [4.78, 5) is 4.59. The molecule has 1 saturated carbocycles. The third-order valence-electron chi connectivity index (χ3n) is 4.95. The largest absolute Gasteiger partial charge is 0.381 e. The molecule has 6 nitrogen and oxygen atoms in total. The summed E-state index contributed by atoms with van der Waals surface area (Å²) in [5.41, 5.74) is 0.0711. The first-order valence-corrected chi connectivity index (χ1v) is 9.88. The Hall–Kier alpha value is -0.0900. The molecule has 3 atom stereocenters. The zero-order chi connectivity index (χ0) is 16.4. The van der Waals surface area contributed by atoms with E-state index in [0.29, 0.717) is 18.3 Å². The van der Waals surface area contributed by atoms with Crippen LogP contribution in [0, 0.1) is 11.3 Å². The molecule has 1 saturated heterocycles. The second kappa shape index (κ2) is 8.33. The molecule has 0 aromatic carbocycles. The van der Waals surface area contributed by atoms with E-state index in [1.807, 2.05) is 6.92 Å². The van der Waals surface area contributed by atoms with Crippen LogP contribution in [0.25, 0.3) is 0 Å². The Labute approximate surface area is 157 Å². The number of aliphatic imine (C=N–C) groups is 1. The van der Waals surface area contributed by atoms with Crippen LogP contribution in [0.3, 0.4) is 0 Å². The van der Waals surface area contributed by atoms with Crippen LogP contribution >= 0.6 is 24.0 Å². The molecule has 2 N–H and O–H groups in total. The second-order valence-electron chi connectivity index (χ2n) is 6.97. The summed E-state index contributed by atoms with van der Waals surface area (Å²) in [6.45, 7) is 7.76. The molecule has 2 rings (SSSR count). The number of hydrogen-bond donors (Lipinski definition) is 2. The van der Waals surface area contributed by atoms with Gasteiger partial charge in [0, 0.05) is 31.7 Å². The van der Waals surface area contributed by atoms with E-state index in [1.54, 1.807) is 7.11 Å². The quantitative estimate of drug-likeness (QED) is 0.369. The fraction of sp³-hybridized carbons (Fsp3) is 0.933. The smallest absolute Gasteiger partial charge is 0.191 e. The molecule has 0 radical (unpaired) electrons. The van der Waals surface area contributed by atoms with Gasteiger partial charge in [-0.25, -0.2) is 8.42 Å². The normalized spacial score (nSPS) is 31.8. The fourth-order valence-electron chi connectivity index (χ4n) is 3.25. The van der Waals surface area contributed by atoms with E-state index >= 15 is 0 Å². The number of halogens is 1. The van der Waals surface area contributed by atoms with Crippen molar-refractivity contribution < 1.29 is 13.2 Å². The van der Waals surface area contributed by atoms with Crippen molar-refractivity contribution >= 4 is 39.8 Å². The first-order chi connectivity index (χ1) is 10.3. The van der Waals surface area contributed by atoms with Crippen LogP contribution in [-0.4, -0.2) is 58.2 Å². The topological polar surface area (TPSA) is 79.8 Å². The van der Waals surface area contributed by atoms with Gasteiger partial charge in [0.1, 0.15) is 0 Å². The van der Waals surface area contributed by atoms with Crippen molar-refractivity contribution in [2.45, 2.75) is 45.8 Å². The Bertz CT molecular complexity index is 522. The number of methoxy groups -OCH3 is 1. The third-order valence-corrected chi connectivity index (χ3v) is 6.79. The average molecular weight is 459 g/mol. The van der Waals surface area contributed by atoms with Crippen molar-refractivity contribution in [1.82, 2.24) is 10.6 Å². The van der Waals surface area contributed by atoms with Crippen LogP contribution in [0.2, 0.25) is 0 Å². The van der Waals surface area contributed by atoms with Gasteiger partial charge in [0.15, 0.2) is 15.8 Å². The van der Waals surface area contributed by atoms with Crippen LogP contribution in [-0.2, 0) is 14.6 Å². The maximum absolute atomic E-state index is 11.5. The molecular formula is C15H30IN3O3S. The SMILES string of the molecule is CCNC(=NCC1CCS(=O)(=O)C1)NC1CC(OC)C1(C)C.I. The van der Waals surface area contributed by atoms with Gasteiger partial charge in [0.05, 0.1) is 17.6 Å². The summed E-state index contributed by atoms with van der Waals surface area (Å²) >= 11 is 0. The molecule has 2 fully saturated rings. The molecule has 3 unspecified atom stereocenters. The molecule has 0 spiro atoms. The number of rotatable bonds is 5. The van der Waals surface area contributed by atoms with E-state index in [9.17, 15) is 8.42 Å². The van der Waals surface area contributed by atoms with Gasteiger partial charge in [0.25, 0.3) is 0 Å². The molecule has 8 heteroatoms. The number of nitrogens with zero attached hydrogens (tertiary/aromatic N) is 1. The Morgan fingerprint density at radius 3 is 2.57 bits per heavy atom. The molecule has 0 bridgehead atoms. The first kappa shape index (κ1) is 21.0. The van der Waals surface area contributed by atoms with E-state index in [1.165, 1.54) is 0 Å². The van der Waals surface area contributed by atoms with Crippen LogP contribution < -0.4 is 10.6 Å². The van der Waals surface area contributed by atoms with E-state index in [2.05, 4.69) is 29.5 Å². The van der Waals surface area contributed by atoms with Gasteiger partial charge in [-0.2, -0.15) is 0 Å². The minimum Gasteiger partial charge on any atom is -0.381 e. The van der Waals surface area contributed by atoms with Crippen molar-refractivity contribution in [2.75, 3.05) is 31.7 Å². The van der Waals surface area contributed by atoms with E-state index in [0.717, 1.165) is 25.3 Å². The molecule has 2 aliphatic rings. The van der Waals surface area contributed by atoms with Gasteiger partial charge in [-0.3, -0.25) is 4.99 Å². The van der Waals surface area contributed by atoms with Gasteiger partial charge >= 0.3 is 0 Å². The molecule has 136 valence electrons. The molecule has 1 aliphatic heterocycles. The van der Waals surface area contributed by atoms with Crippen molar-refractivity contribution in [3.63, 3.8) is 0 Å². The highest BCUT2D eigenvalue weighted by molar-refractivity contribution is 14.0. The average Bonchev–Trinajstić information content (AvgIpc) is 2.79. The van der Waals surface area contributed by atoms with Crippen molar-refractivity contribution in [1.29, 1.82) is 0 Å². The molecule has 1 heterocycles.